The highest BCUT2D eigenvalue weighted by atomic mass is 32.2. The van der Waals surface area contributed by atoms with E-state index in [1.54, 1.807) is 18.9 Å². The Morgan fingerprint density at radius 3 is 2.76 bits per heavy atom. The van der Waals surface area contributed by atoms with Crippen LogP contribution in [-0.2, 0) is 4.79 Å². The molecule has 1 aliphatic rings. The number of thioether (sulfide) groups is 1. The van der Waals surface area contributed by atoms with Crippen LogP contribution in [0.5, 0.6) is 5.75 Å². The van der Waals surface area contributed by atoms with Gasteiger partial charge < -0.3 is 15.2 Å². The van der Waals surface area contributed by atoms with Crippen molar-refractivity contribution >= 4 is 17.7 Å². The van der Waals surface area contributed by atoms with Crippen molar-refractivity contribution in [2.75, 3.05) is 19.4 Å². The van der Waals surface area contributed by atoms with Crippen LogP contribution in [0.2, 0.25) is 0 Å². The minimum absolute atomic E-state index is 0.205. The lowest BCUT2D eigenvalue weighted by Crippen LogP contribution is -2.35. The average molecular weight is 253 g/mol. The molecule has 0 radical (unpaired) electrons. The number of hydrogen-bond donors (Lipinski definition) is 2. The van der Waals surface area contributed by atoms with Gasteiger partial charge in [-0.05, 0) is 17.7 Å². The molecule has 2 N–H and O–H groups in total. The van der Waals surface area contributed by atoms with Crippen LogP contribution in [0, 0.1) is 0 Å². The lowest BCUT2D eigenvalue weighted by molar-refractivity contribution is -0.129. The fourth-order valence-corrected chi connectivity index (χ4v) is 2.89. The summed E-state index contributed by atoms with van der Waals surface area (Å²) in [5, 5.41) is 12.4. The van der Waals surface area contributed by atoms with E-state index in [1.807, 2.05) is 24.3 Å². The van der Waals surface area contributed by atoms with Crippen molar-refractivity contribution in [2.45, 2.75) is 11.4 Å². The van der Waals surface area contributed by atoms with Gasteiger partial charge in [-0.25, -0.2) is 0 Å². The summed E-state index contributed by atoms with van der Waals surface area (Å²) in [6, 6.07) is 7.45. The fraction of sp³-hybridized carbons (Fsp3) is 0.417. The number of aliphatic hydroxyl groups is 1. The topological polar surface area (TPSA) is 58.6 Å². The molecule has 1 aliphatic heterocycles. The summed E-state index contributed by atoms with van der Waals surface area (Å²) in [5.41, 5.74) is 0.945. The third-order valence-corrected chi connectivity index (χ3v) is 4.03. The Morgan fingerprint density at radius 2 is 2.12 bits per heavy atom. The third-order valence-electron chi connectivity index (χ3n) is 2.70. The molecule has 5 heteroatoms. The predicted molar refractivity (Wildman–Crippen MR) is 67.2 cm³/mol. The normalized spacial score (nSPS) is 24.9. The van der Waals surface area contributed by atoms with E-state index >= 15 is 0 Å². The van der Waals surface area contributed by atoms with Crippen molar-refractivity contribution in [1.29, 1.82) is 0 Å². The van der Waals surface area contributed by atoms with Gasteiger partial charge in [0, 0.05) is 12.3 Å². The fourth-order valence-electron chi connectivity index (χ4n) is 1.77. The molecule has 92 valence electrons. The Morgan fingerprint density at radius 1 is 1.41 bits per heavy atom. The molecule has 1 fully saturated rings. The first-order valence-electron chi connectivity index (χ1n) is 5.43. The number of nitrogens with one attached hydrogen (secondary N) is 1. The maximum Gasteiger partial charge on any atom is 0.250 e. The second kappa shape index (κ2) is 5.42. The Kier molecular flexibility index (Phi) is 3.91. The van der Waals surface area contributed by atoms with Crippen molar-refractivity contribution in [1.82, 2.24) is 5.32 Å². The maximum atomic E-state index is 11.5. The van der Waals surface area contributed by atoms with E-state index in [-0.39, 0.29) is 11.2 Å². The highest BCUT2D eigenvalue weighted by molar-refractivity contribution is 7.99. The third kappa shape index (κ3) is 2.73. The molecule has 2 rings (SSSR count). The highest BCUT2D eigenvalue weighted by Crippen LogP contribution is 2.34. The molecule has 0 aliphatic carbocycles. The Bertz CT molecular complexity index is 393. The largest absolute Gasteiger partial charge is 0.497 e. The summed E-state index contributed by atoms with van der Waals surface area (Å²) in [6.45, 7) is 0.604. The molecule has 1 aromatic rings. The number of carbonyl (C=O) groups is 1. The Hall–Kier alpha value is -1.20. The van der Waals surface area contributed by atoms with E-state index < -0.39 is 6.10 Å². The number of ether oxygens (including phenoxy) is 1. The number of carbonyl (C=O) groups excluding carboxylic acids is 1. The van der Waals surface area contributed by atoms with Crippen molar-refractivity contribution in [2.24, 2.45) is 0 Å². The van der Waals surface area contributed by atoms with Gasteiger partial charge in [0.15, 0.2) is 0 Å². The van der Waals surface area contributed by atoms with Crippen LogP contribution >= 0.6 is 11.8 Å². The molecular formula is C12H15NO3S. The molecule has 1 amide bonds. The van der Waals surface area contributed by atoms with Crippen LogP contribution in [0.15, 0.2) is 24.3 Å². The first-order valence-corrected chi connectivity index (χ1v) is 6.48. The molecular weight excluding hydrogens is 238 g/mol. The molecule has 0 bridgehead atoms. The summed E-state index contributed by atoms with van der Waals surface area (Å²) >= 11 is 1.59. The zero-order valence-corrected chi connectivity index (χ0v) is 10.4. The summed E-state index contributed by atoms with van der Waals surface area (Å²) in [4.78, 5) is 11.5. The van der Waals surface area contributed by atoms with Crippen molar-refractivity contribution < 1.29 is 14.6 Å². The van der Waals surface area contributed by atoms with E-state index in [1.165, 1.54) is 0 Å². The molecule has 4 nitrogen and oxygen atoms in total. The minimum Gasteiger partial charge on any atom is -0.497 e. The van der Waals surface area contributed by atoms with E-state index in [0.717, 1.165) is 17.1 Å². The standard InChI is InChI=1S/C12H15NO3S/c1-16-9-4-2-8(3-5-9)11-10(14)12(15)13-6-7-17-11/h2-5,10-11,14H,6-7H2,1H3,(H,13,15)/t10?,11-/m1/s1. The number of amides is 1. The summed E-state index contributed by atoms with van der Waals surface area (Å²) in [6.07, 6.45) is -0.990. The molecule has 1 unspecified atom stereocenters. The number of hydrogen-bond acceptors (Lipinski definition) is 4. The second-order valence-electron chi connectivity index (χ2n) is 3.80. The number of benzene rings is 1. The summed E-state index contributed by atoms with van der Waals surface area (Å²) in [5.74, 6) is 1.28. The quantitative estimate of drug-likeness (QED) is 0.824. The molecule has 17 heavy (non-hydrogen) atoms. The van der Waals surface area contributed by atoms with Gasteiger partial charge in [0.25, 0.3) is 0 Å². The summed E-state index contributed by atoms with van der Waals surface area (Å²) in [7, 11) is 1.61. The number of aliphatic hydroxyl groups excluding tert-OH is 1. The van der Waals surface area contributed by atoms with Gasteiger partial charge >= 0.3 is 0 Å². The van der Waals surface area contributed by atoms with Crippen molar-refractivity contribution in [3.63, 3.8) is 0 Å². The van der Waals surface area contributed by atoms with Gasteiger partial charge in [0.2, 0.25) is 5.91 Å². The van der Waals surface area contributed by atoms with Gasteiger partial charge in [-0.1, -0.05) is 12.1 Å². The molecule has 1 saturated heterocycles. The van der Waals surface area contributed by atoms with Gasteiger partial charge in [-0.3, -0.25) is 4.79 Å². The number of rotatable bonds is 2. The average Bonchev–Trinajstić information content (AvgIpc) is 2.53. The lowest BCUT2D eigenvalue weighted by Gasteiger charge is -2.18. The van der Waals surface area contributed by atoms with E-state index in [2.05, 4.69) is 5.32 Å². The monoisotopic (exact) mass is 253 g/mol. The van der Waals surface area contributed by atoms with Crippen LogP contribution in [0.3, 0.4) is 0 Å². The highest BCUT2D eigenvalue weighted by Gasteiger charge is 2.29. The molecule has 1 heterocycles. The lowest BCUT2D eigenvalue weighted by atomic mass is 10.1. The first-order chi connectivity index (χ1) is 8.22. The van der Waals surface area contributed by atoms with Gasteiger partial charge in [-0.2, -0.15) is 0 Å². The van der Waals surface area contributed by atoms with Crippen LogP contribution in [0.1, 0.15) is 10.8 Å². The maximum absolute atomic E-state index is 11.5. The van der Waals surface area contributed by atoms with Crippen LogP contribution in [0.4, 0.5) is 0 Å². The van der Waals surface area contributed by atoms with Crippen LogP contribution in [0.25, 0.3) is 0 Å². The van der Waals surface area contributed by atoms with E-state index in [0.29, 0.717) is 6.54 Å². The zero-order valence-electron chi connectivity index (χ0n) is 9.55. The smallest absolute Gasteiger partial charge is 0.250 e. The van der Waals surface area contributed by atoms with Gasteiger partial charge in [0.05, 0.1) is 12.4 Å². The van der Waals surface area contributed by atoms with Crippen molar-refractivity contribution in [3.05, 3.63) is 29.8 Å². The Balaban J connectivity index is 2.20. The van der Waals surface area contributed by atoms with E-state index in [9.17, 15) is 9.90 Å². The zero-order chi connectivity index (χ0) is 12.3. The van der Waals surface area contributed by atoms with Gasteiger partial charge in [-0.15, -0.1) is 11.8 Å². The number of methoxy groups -OCH3 is 1. The second-order valence-corrected chi connectivity index (χ2v) is 5.05. The van der Waals surface area contributed by atoms with E-state index in [4.69, 9.17) is 4.74 Å². The molecule has 1 aromatic carbocycles. The van der Waals surface area contributed by atoms with Gasteiger partial charge in [0.1, 0.15) is 11.9 Å². The van der Waals surface area contributed by atoms with Crippen molar-refractivity contribution in [3.8, 4) is 5.75 Å². The summed E-state index contributed by atoms with van der Waals surface area (Å²) < 4.78 is 5.08. The molecule has 0 aromatic heterocycles. The van der Waals surface area contributed by atoms with Crippen LogP contribution in [-0.4, -0.2) is 36.5 Å². The molecule has 0 spiro atoms. The predicted octanol–water partition coefficient (Wildman–Crippen LogP) is 0.960. The Labute approximate surface area is 104 Å². The first kappa shape index (κ1) is 12.3. The molecule has 0 saturated carbocycles. The minimum atomic E-state index is -0.990. The SMILES string of the molecule is COc1ccc([C@H]2SCCNC(=O)C2O)cc1. The van der Waals surface area contributed by atoms with Crippen LogP contribution < -0.4 is 10.1 Å². The molecule has 2 atom stereocenters.